The molecule has 0 radical (unpaired) electrons. The number of aryl methyl sites for hydroxylation is 1. The van der Waals surface area contributed by atoms with Gasteiger partial charge in [-0.2, -0.15) is 0 Å². The first kappa shape index (κ1) is 15.5. The molecule has 1 aromatic heterocycles. The van der Waals surface area contributed by atoms with E-state index in [1.807, 2.05) is 13.8 Å². The summed E-state index contributed by atoms with van der Waals surface area (Å²) in [5.41, 5.74) is 1.27. The van der Waals surface area contributed by atoms with Gasteiger partial charge >= 0.3 is 0 Å². The van der Waals surface area contributed by atoms with Gasteiger partial charge in [0, 0.05) is 11.3 Å². The first-order valence-electron chi connectivity index (χ1n) is 6.80. The SMILES string of the molecule is CCOc1ccc(NC(=O)c2cnc(CC)s2)cc1CO. The standard InChI is InChI=1S/C15H18N2O3S/c1-3-14-16-8-13(21-14)15(19)17-11-5-6-12(20-4-2)10(7-11)9-18/h5-8,18H,3-4,9H2,1-2H3,(H,17,19). The first-order valence-corrected chi connectivity index (χ1v) is 7.62. The molecule has 1 aromatic carbocycles. The van der Waals surface area contributed by atoms with E-state index in [2.05, 4.69) is 10.3 Å². The summed E-state index contributed by atoms with van der Waals surface area (Å²) in [5.74, 6) is 0.435. The Bertz CT molecular complexity index is 625. The molecule has 2 N–H and O–H groups in total. The molecule has 0 aliphatic heterocycles. The summed E-state index contributed by atoms with van der Waals surface area (Å²) in [7, 11) is 0. The number of hydrogen-bond donors (Lipinski definition) is 2. The minimum absolute atomic E-state index is 0.139. The quantitative estimate of drug-likeness (QED) is 0.861. The number of thiazole rings is 1. The molecule has 0 unspecified atom stereocenters. The Morgan fingerprint density at radius 2 is 2.24 bits per heavy atom. The predicted molar refractivity (Wildman–Crippen MR) is 83.0 cm³/mol. The van der Waals surface area contributed by atoms with Crippen LogP contribution in [0.5, 0.6) is 5.75 Å². The van der Waals surface area contributed by atoms with Crippen LogP contribution in [0, 0.1) is 0 Å². The molecular weight excluding hydrogens is 288 g/mol. The van der Waals surface area contributed by atoms with Crippen LogP contribution in [0.15, 0.2) is 24.4 Å². The minimum atomic E-state index is -0.194. The van der Waals surface area contributed by atoms with Gasteiger partial charge in [-0.1, -0.05) is 6.92 Å². The fourth-order valence-electron chi connectivity index (χ4n) is 1.85. The number of aliphatic hydroxyl groups excluding tert-OH is 1. The number of anilines is 1. The van der Waals surface area contributed by atoms with Crippen LogP contribution >= 0.6 is 11.3 Å². The number of benzene rings is 1. The van der Waals surface area contributed by atoms with Gasteiger partial charge in [0.05, 0.1) is 24.4 Å². The van der Waals surface area contributed by atoms with Crippen molar-refractivity contribution in [2.75, 3.05) is 11.9 Å². The molecule has 1 amide bonds. The van der Waals surface area contributed by atoms with Crippen LogP contribution in [0.3, 0.4) is 0 Å². The number of amides is 1. The second-order valence-electron chi connectivity index (χ2n) is 4.34. The third-order valence-corrected chi connectivity index (χ3v) is 4.01. The molecule has 2 rings (SSSR count). The molecule has 0 saturated heterocycles. The molecule has 0 aliphatic rings. The molecule has 2 aromatic rings. The number of nitrogens with one attached hydrogen (secondary N) is 1. The van der Waals surface area contributed by atoms with E-state index in [1.54, 1.807) is 24.4 Å². The molecule has 0 saturated carbocycles. The maximum atomic E-state index is 12.1. The number of ether oxygens (including phenoxy) is 1. The molecule has 0 atom stereocenters. The summed E-state index contributed by atoms with van der Waals surface area (Å²) in [5, 5.41) is 13.1. The Hall–Kier alpha value is -1.92. The topological polar surface area (TPSA) is 71.5 Å². The van der Waals surface area contributed by atoms with Crippen LogP contribution < -0.4 is 10.1 Å². The van der Waals surface area contributed by atoms with E-state index < -0.39 is 0 Å². The number of rotatable bonds is 6. The summed E-state index contributed by atoms with van der Waals surface area (Å²) in [4.78, 5) is 16.9. The molecule has 0 fully saturated rings. The van der Waals surface area contributed by atoms with Crippen LogP contribution in [-0.4, -0.2) is 22.6 Å². The molecule has 0 spiro atoms. The van der Waals surface area contributed by atoms with E-state index in [-0.39, 0.29) is 12.5 Å². The number of carbonyl (C=O) groups excluding carboxylic acids is 1. The number of nitrogens with zero attached hydrogens (tertiary/aromatic N) is 1. The van der Waals surface area contributed by atoms with E-state index in [4.69, 9.17) is 4.74 Å². The predicted octanol–water partition coefficient (Wildman–Crippen LogP) is 2.85. The van der Waals surface area contributed by atoms with Crippen molar-refractivity contribution in [3.05, 3.63) is 39.8 Å². The lowest BCUT2D eigenvalue weighted by Crippen LogP contribution is -2.10. The summed E-state index contributed by atoms with van der Waals surface area (Å²) < 4.78 is 5.41. The normalized spacial score (nSPS) is 10.4. The molecule has 5 nitrogen and oxygen atoms in total. The van der Waals surface area contributed by atoms with E-state index in [0.29, 0.717) is 28.5 Å². The van der Waals surface area contributed by atoms with E-state index in [9.17, 15) is 9.90 Å². The molecule has 0 aliphatic carbocycles. The summed E-state index contributed by atoms with van der Waals surface area (Å²) in [6.07, 6.45) is 2.40. The largest absolute Gasteiger partial charge is 0.494 e. The Kier molecular flexibility index (Phi) is 5.30. The van der Waals surface area contributed by atoms with Gasteiger partial charge in [0.25, 0.3) is 5.91 Å². The van der Waals surface area contributed by atoms with Crippen molar-refractivity contribution in [3.8, 4) is 5.75 Å². The van der Waals surface area contributed by atoms with Gasteiger partial charge in [-0.3, -0.25) is 4.79 Å². The average Bonchev–Trinajstić information content (AvgIpc) is 2.98. The van der Waals surface area contributed by atoms with E-state index >= 15 is 0 Å². The lowest BCUT2D eigenvalue weighted by molar-refractivity contribution is 0.103. The van der Waals surface area contributed by atoms with Crippen molar-refractivity contribution in [1.82, 2.24) is 4.98 Å². The second-order valence-corrected chi connectivity index (χ2v) is 5.45. The Morgan fingerprint density at radius 3 is 2.86 bits per heavy atom. The van der Waals surface area contributed by atoms with Crippen LogP contribution in [0.1, 0.15) is 34.1 Å². The number of hydrogen-bond acceptors (Lipinski definition) is 5. The average molecular weight is 306 g/mol. The Labute approximate surface area is 127 Å². The highest BCUT2D eigenvalue weighted by molar-refractivity contribution is 7.13. The fraction of sp³-hybridized carbons (Fsp3) is 0.333. The zero-order valence-electron chi connectivity index (χ0n) is 12.0. The lowest BCUT2D eigenvalue weighted by Gasteiger charge is -2.11. The van der Waals surface area contributed by atoms with Gasteiger partial charge in [-0.15, -0.1) is 11.3 Å². The van der Waals surface area contributed by atoms with Crippen LogP contribution in [0.2, 0.25) is 0 Å². The first-order chi connectivity index (χ1) is 10.2. The van der Waals surface area contributed by atoms with Crippen molar-refractivity contribution in [2.45, 2.75) is 26.9 Å². The third kappa shape index (κ3) is 3.80. The number of carbonyl (C=O) groups is 1. The third-order valence-electron chi connectivity index (χ3n) is 2.87. The Balaban J connectivity index is 2.13. The summed E-state index contributed by atoms with van der Waals surface area (Å²) in [6.45, 7) is 4.27. The van der Waals surface area contributed by atoms with Gasteiger partial charge < -0.3 is 15.2 Å². The summed E-state index contributed by atoms with van der Waals surface area (Å²) >= 11 is 1.38. The smallest absolute Gasteiger partial charge is 0.267 e. The monoisotopic (exact) mass is 306 g/mol. The van der Waals surface area contributed by atoms with Crippen LogP contribution in [0.25, 0.3) is 0 Å². The van der Waals surface area contributed by atoms with Crippen molar-refractivity contribution < 1.29 is 14.6 Å². The van der Waals surface area contributed by atoms with Crippen molar-refractivity contribution >= 4 is 22.9 Å². The van der Waals surface area contributed by atoms with Crippen molar-refractivity contribution in [1.29, 1.82) is 0 Å². The molecule has 21 heavy (non-hydrogen) atoms. The number of aromatic nitrogens is 1. The second kappa shape index (κ2) is 7.19. The highest BCUT2D eigenvalue weighted by Gasteiger charge is 2.11. The van der Waals surface area contributed by atoms with Gasteiger partial charge in [0.15, 0.2) is 0 Å². The molecule has 0 bridgehead atoms. The van der Waals surface area contributed by atoms with Gasteiger partial charge in [-0.25, -0.2) is 4.98 Å². The van der Waals surface area contributed by atoms with Crippen LogP contribution in [-0.2, 0) is 13.0 Å². The molecule has 112 valence electrons. The van der Waals surface area contributed by atoms with Crippen molar-refractivity contribution in [2.24, 2.45) is 0 Å². The minimum Gasteiger partial charge on any atom is -0.494 e. The zero-order chi connectivity index (χ0) is 15.2. The maximum Gasteiger partial charge on any atom is 0.267 e. The molecule has 1 heterocycles. The lowest BCUT2D eigenvalue weighted by atomic mass is 10.2. The molecule has 6 heteroatoms. The van der Waals surface area contributed by atoms with E-state index in [0.717, 1.165) is 11.4 Å². The Morgan fingerprint density at radius 1 is 1.43 bits per heavy atom. The van der Waals surface area contributed by atoms with Gasteiger partial charge in [0.1, 0.15) is 10.6 Å². The fourth-order valence-corrected chi connectivity index (χ4v) is 2.60. The zero-order valence-corrected chi connectivity index (χ0v) is 12.9. The maximum absolute atomic E-state index is 12.1. The van der Waals surface area contributed by atoms with Gasteiger partial charge in [0.2, 0.25) is 0 Å². The van der Waals surface area contributed by atoms with E-state index in [1.165, 1.54) is 11.3 Å². The number of aliphatic hydroxyl groups is 1. The highest BCUT2D eigenvalue weighted by atomic mass is 32.1. The van der Waals surface area contributed by atoms with Crippen molar-refractivity contribution in [3.63, 3.8) is 0 Å². The van der Waals surface area contributed by atoms with Crippen LogP contribution in [0.4, 0.5) is 5.69 Å². The molecular formula is C15H18N2O3S. The summed E-state index contributed by atoms with van der Waals surface area (Å²) in [6, 6.07) is 5.21. The highest BCUT2D eigenvalue weighted by Crippen LogP contribution is 2.24. The van der Waals surface area contributed by atoms with Gasteiger partial charge in [-0.05, 0) is 31.5 Å².